The van der Waals surface area contributed by atoms with Crippen molar-refractivity contribution in [3.8, 4) is 5.75 Å². The van der Waals surface area contributed by atoms with Crippen LogP contribution in [0.25, 0.3) is 0 Å². The number of carboxylic acids is 1. The van der Waals surface area contributed by atoms with Gasteiger partial charge in [0.25, 0.3) is 0 Å². The maximum Gasteiger partial charge on any atom is 0.317 e. The third-order valence-corrected chi connectivity index (χ3v) is 4.16. The summed E-state index contributed by atoms with van der Waals surface area (Å²) in [6.45, 7) is 3.20. The first-order valence-electron chi connectivity index (χ1n) is 7.81. The van der Waals surface area contributed by atoms with Crippen LogP contribution in [-0.2, 0) is 17.8 Å². The lowest BCUT2D eigenvalue weighted by molar-refractivity contribution is -0.137. The second-order valence-electron chi connectivity index (χ2n) is 5.90. The molecule has 0 aliphatic heterocycles. The van der Waals surface area contributed by atoms with Crippen molar-refractivity contribution in [2.24, 2.45) is 0 Å². The first kappa shape index (κ1) is 18.3. The molecule has 5 heteroatoms. The molecular formula is C19H22ClNO3. The number of hydrogen-bond donors (Lipinski definition) is 1. The van der Waals surface area contributed by atoms with Crippen LogP contribution in [0.5, 0.6) is 5.75 Å². The largest absolute Gasteiger partial charge is 0.489 e. The predicted molar refractivity (Wildman–Crippen MR) is 95.8 cm³/mol. The Morgan fingerprint density at radius 2 is 1.83 bits per heavy atom. The van der Waals surface area contributed by atoms with Crippen molar-refractivity contribution >= 4 is 17.6 Å². The van der Waals surface area contributed by atoms with Gasteiger partial charge in [-0.15, -0.1) is 0 Å². The molecule has 0 spiro atoms. The van der Waals surface area contributed by atoms with Gasteiger partial charge in [0.15, 0.2) is 0 Å². The number of aryl methyl sites for hydroxylation is 1. The summed E-state index contributed by atoms with van der Waals surface area (Å²) in [6, 6.07) is 13.8. The molecular weight excluding hydrogens is 326 g/mol. The first-order chi connectivity index (χ1) is 11.4. The minimum absolute atomic E-state index is 0.0559. The molecule has 2 aromatic carbocycles. The molecule has 0 aromatic heterocycles. The van der Waals surface area contributed by atoms with Gasteiger partial charge in [0.05, 0.1) is 6.54 Å². The zero-order valence-electron chi connectivity index (χ0n) is 14.0. The Labute approximate surface area is 147 Å². The number of carboxylic acid groups (broad SMARTS) is 1. The van der Waals surface area contributed by atoms with Crippen LogP contribution < -0.4 is 4.74 Å². The molecule has 0 unspecified atom stereocenters. The monoisotopic (exact) mass is 347 g/mol. The summed E-state index contributed by atoms with van der Waals surface area (Å²) >= 11 is 6.11. The minimum Gasteiger partial charge on any atom is -0.489 e. The molecule has 0 atom stereocenters. The van der Waals surface area contributed by atoms with Gasteiger partial charge in [-0.2, -0.15) is 0 Å². The SMILES string of the molecule is Cc1ccc(COc2ccc(CCN(C)CC(=O)O)cc2)cc1Cl. The Hall–Kier alpha value is -2.04. The summed E-state index contributed by atoms with van der Waals surface area (Å²) in [5.74, 6) is -0.00760. The molecule has 0 saturated heterocycles. The molecule has 1 N–H and O–H groups in total. The van der Waals surface area contributed by atoms with Crippen LogP contribution in [0.15, 0.2) is 42.5 Å². The maximum atomic E-state index is 10.6. The van der Waals surface area contributed by atoms with E-state index in [2.05, 4.69) is 0 Å². The standard InChI is InChI=1S/C19H22ClNO3/c1-14-3-4-16(11-18(14)20)13-24-17-7-5-15(6-8-17)9-10-21(2)12-19(22)23/h3-8,11H,9-10,12-13H2,1-2H3,(H,22,23). The van der Waals surface area contributed by atoms with Crippen molar-refractivity contribution in [3.63, 3.8) is 0 Å². The Morgan fingerprint density at radius 1 is 1.17 bits per heavy atom. The van der Waals surface area contributed by atoms with E-state index in [0.29, 0.717) is 13.2 Å². The van der Waals surface area contributed by atoms with Crippen LogP contribution in [0.4, 0.5) is 0 Å². The lowest BCUT2D eigenvalue weighted by atomic mass is 10.1. The number of carbonyl (C=O) groups is 1. The van der Waals surface area contributed by atoms with Gasteiger partial charge in [0.1, 0.15) is 12.4 Å². The van der Waals surface area contributed by atoms with Crippen molar-refractivity contribution in [2.75, 3.05) is 20.1 Å². The van der Waals surface area contributed by atoms with Crippen LogP contribution in [0, 0.1) is 6.92 Å². The van der Waals surface area contributed by atoms with Crippen molar-refractivity contribution in [2.45, 2.75) is 20.0 Å². The lowest BCUT2D eigenvalue weighted by Crippen LogP contribution is -2.27. The van der Waals surface area contributed by atoms with E-state index >= 15 is 0 Å². The summed E-state index contributed by atoms with van der Waals surface area (Å²) in [5.41, 5.74) is 3.24. The summed E-state index contributed by atoms with van der Waals surface area (Å²) in [7, 11) is 1.80. The number of benzene rings is 2. The fourth-order valence-corrected chi connectivity index (χ4v) is 2.48. The summed E-state index contributed by atoms with van der Waals surface area (Å²) in [5, 5.41) is 9.48. The smallest absolute Gasteiger partial charge is 0.317 e. The summed E-state index contributed by atoms with van der Waals surface area (Å²) in [6.07, 6.45) is 0.803. The highest BCUT2D eigenvalue weighted by atomic mass is 35.5. The second kappa shape index (κ2) is 8.71. The molecule has 0 saturated carbocycles. The van der Waals surface area contributed by atoms with Gasteiger partial charge in [-0.3, -0.25) is 9.69 Å². The van der Waals surface area contributed by atoms with E-state index in [0.717, 1.165) is 33.9 Å². The Balaban J connectivity index is 1.83. The van der Waals surface area contributed by atoms with Crippen LogP contribution in [0.2, 0.25) is 5.02 Å². The fourth-order valence-electron chi connectivity index (χ4n) is 2.28. The normalized spacial score (nSPS) is 10.8. The zero-order valence-corrected chi connectivity index (χ0v) is 14.7. The molecule has 4 nitrogen and oxygen atoms in total. The molecule has 0 aliphatic rings. The first-order valence-corrected chi connectivity index (χ1v) is 8.19. The minimum atomic E-state index is -0.808. The summed E-state index contributed by atoms with van der Waals surface area (Å²) < 4.78 is 5.77. The van der Waals surface area contributed by atoms with Crippen LogP contribution in [-0.4, -0.2) is 36.1 Å². The average Bonchev–Trinajstić information content (AvgIpc) is 2.54. The molecule has 0 aliphatic carbocycles. The van der Waals surface area contributed by atoms with Crippen LogP contribution in [0.1, 0.15) is 16.7 Å². The van der Waals surface area contributed by atoms with Gasteiger partial charge in [-0.05, 0) is 55.3 Å². The van der Waals surface area contributed by atoms with Crippen LogP contribution >= 0.6 is 11.6 Å². The van der Waals surface area contributed by atoms with Crippen molar-refractivity contribution in [3.05, 3.63) is 64.2 Å². The molecule has 0 amide bonds. The molecule has 2 aromatic rings. The quantitative estimate of drug-likeness (QED) is 0.789. The highest BCUT2D eigenvalue weighted by molar-refractivity contribution is 6.31. The molecule has 0 bridgehead atoms. The van der Waals surface area contributed by atoms with Gasteiger partial charge in [0, 0.05) is 11.6 Å². The van der Waals surface area contributed by atoms with Crippen LogP contribution in [0.3, 0.4) is 0 Å². The molecule has 0 fully saturated rings. The van der Waals surface area contributed by atoms with E-state index in [9.17, 15) is 4.79 Å². The summed E-state index contributed by atoms with van der Waals surface area (Å²) in [4.78, 5) is 12.4. The Bertz CT molecular complexity index is 686. The zero-order chi connectivity index (χ0) is 17.5. The van der Waals surface area contributed by atoms with Gasteiger partial charge in [-0.1, -0.05) is 35.9 Å². The number of halogens is 1. The number of aliphatic carboxylic acids is 1. The van der Waals surface area contributed by atoms with E-state index in [1.807, 2.05) is 49.4 Å². The van der Waals surface area contributed by atoms with E-state index in [1.54, 1.807) is 11.9 Å². The van der Waals surface area contributed by atoms with Crippen molar-refractivity contribution < 1.29 is 14.6 Å². The number of hydrogen-bond acceptors (Lipinski definition) is 3. The topological polar surface area (TPSA) is 49.8 Å². The van der Waals surface area contributed by atoms with Gasteiger partial charge >= 0.3 is 5.97 Å². The molecule has 0 heterocycles. The number of likely N-dealkylation sites (N-methyl/N-ethyl adjacent to an activating group) is 1. The molecule has 24 heavy (non-hydrogen) atoms. The number of ether oxygens (including phenoxy) is 1. The average molecular weight is 348 g/mol. The number of nitrogens with zero attached hydrogens (tertiary/aromatic N) is 1. The van der Waals surface area contributed by atoms with E-state index in [4.69, 9.17) is 21.4 Å². The number of rotatable bonds is 8. The van der Waals surface area contributed by atoms with Crippen molar-refractivity contribution in [1.29, 1.82) is 0 Å². The maximum absolute atomic E-state index is 10.6. The third kappa shape index (κ3) is 5.87. The third-order valence-electron chi connectivity index (χ3n) is 3.75. The van der Waals surface area contributed by atoms with Gasteiger partial charge in [-0.25, -0.2) is 0 Å². The van der Waals surface area contributed by atoms with E-state index in [1.165, 1.54) is 0 Å². The molecule has 2 rings (SSSR count). The van der Waals surface area contributed by atoms with E-state index in [-0.39, 0.29) is 6.54 Å². The fraction of sp³-hybridized carbons (Fsp3) is 0.316. The second-order valence-corrected chi connectivity index (χ2v) is 6.30. The molecule has 128 valence electrons. The Kier molecular flexibility index (Phi) is 6.64. The Morgan fingerprint density at radius 3 is 2.46 bits per heavy atom. The van der Waals surface area contributed by atoms with E-state index < -0.39 is 5.97 Å². The van der Waals surface area contributed by atoms with Gasteiger partial charge in [0.2, 0.25) is 0 Å². The molecule has 0 radical (unpaired) electrons. The lowest BCUT2D eigenvalue weighted by Gasteiger charge is -2.14. The van der Waals surface area contributed by atoms with Crippen molar-refractivity contribution in [1.82, 2.24) is 4.90 Å². The predicted octanol–water partition coefficient (Wildman–Crippen LogP) is 3.79. The highest BCUT2D eigenvalue weighted by Crippen LogP contribution is 2.19. The van der Waals surface area contributed by atoms with Gasteiger partial charge < -0.3 is 9.84 Å². The highest BCUT2D eigenvalue weighted by Gasteiger charge is 2.05.